The van der Waals surface area contributed by atoms with Gasteiger partial charge in [0.2, 0.25) is 0 Å². The van der Waals surface area contributed by atoms with Gasteiger partial charge in [-0.05, 0) is 47.8 Å². The van der Waals surface area contributed by atoms with Crippen molar-refractivity contribution in [1.82, 2.24) is 4.90 Å². The fraction of sp³-hybridized carbons (Fsp3) is 0.675. The lowest BCUT2D eigenvalue weighted by molar-refractivity contribution is -0.128. The molecule has 0 aliphatic carbocycles. The summed E-state index contributed by atoms with van der Waals surface area (Å²) in [5, 5.41) is 2.74. The van der Waals surface area contributed by atoms with Crippen LogP contribution in [0.4, 0.5) is 0 Å². The zero-order valence-corrected chi connectivity index (χ0v) is 30.6. The second kappa shape index (κ2) is 24.3. The molecule has 0 aromatic heterocycles. The number of nitrogens with zero attached hydrogens (tertiary/aromatic N) is 1. The van der Waals surface area contributed by atoms with Crippen LogP contribution >= 0.6 is 0 Å². The van der Waals surface area contributed by atoms with E-state index in [0.717, 1.165) is 32.5 Å². The van der Waals surface area contributed by atoms with Crippen LogP contribution < -0.4 is 10.4 Å². The van der Waals surface area contributed by atoms with Crippen molar-refractivity contribution in [3.8, 4) is 0 Å². The molecule has 0 aliphatic heterocycles. The molecule has 2 aromatic carbocycles. The van der Waals surface area contributed by atoms with Gasteiger partial charge in [0, 0.05) is 13.2 Å². The van der Waals surface area contributed by atoms with Crippen LogP contribution in [0.1, 0.15) is 137 Å². The smallest absolute Gasteiger partial charge is 0.293 e. The Kier molecular flexibility index (Phi) is 21.1. The number of benzene rings is 2. The molecule has 0 saturated heterocycles. The molecule has 0 fully saturated rings. The summed E-state index contributed by atoms with van der Waals surface area (Å²) in [4.78, 5) is 13.0. The molecule has 2 rings (SSSR count). The van der Waals surface area contributed by atoms with Gasteiger partial charge in [-0.3, -0.25) is 4.79 Å². The highest BCUT2D eigenvalue weighted by Gasteiger charge is 2.50. The Labute approximate surface area is 278 Å². The zero-order chi connectivity index (χ0) is 32.5. The molecule has 0 unspecified atom stereocenters. The molecule has 0 radical (unpaired) electrons. The summed E-state index contributed by atoms with van der Waals surface area (Å²) in [5.41, 5.74) is 0. The minimum Gasteiger partial charge on any atom is -0.468 e. The Morgan fingerprint density at radius 2 is 1.00 bits per heavy atom. The summed E-state index contributed by atoms with van der Waals surface area (Å²) in [6.45, 7) is 14.6. The average Bonchev–Trinajstić information content (AvgIpc) is 3.04. The highest BCUT2D eigenvalue weighted by Crippen LogP contribution is 2.36. The highest BCUT2D eigenvalue weighted by molar-refractivity contribution is 6.99. The first-order valence-corrected chi connectivity index (χ1v) is 20.4. The van der Waals surface area contributed by atoms with E-state index in [2.05, 4.69) is 93.3 Å². The Hall–Kier alpha value is -1.95. The molecule has 4 nitrogen and oxygen atoms in total. The molecular weight excluding hydrogens is 571 g/mol. The predicted octanol–water partition coefficient (Wildman–Crippen LogP) is 9.69. The van der Waals surface area contributed by atoms with Crippen LogP contribution in [0.3, 0.4) is 0 Å². The van der Waals surface area contributed by atoms with Crippen LogP contribution in [0.2, 0.25) is 5.04 Å². The second-order valence-corrected chi connectivity index (χ2v) is 18.3. The minimum atomic E-state index is -2.50. The van der Waals surface area contributed by atoms with E-state index >= 15 is 0 Å². The van der Waals surface area contributed by atoms with Gasteiger partial charge in [0.1, 0.15) is 0 Å². The lowest BCUT2D eigenvalue weighted by atomic mass is 10.1. The Bertz CT molecular complexity index is 923. The third kappa shape index (κ3) is 15.5. The average molecular weight is 638 g/mol. The largest absolute Gasteiger partial charge is 0.468 e. The van der Waals surface area contributed by atoms with Crippen molar-refractivity contribution in [2.75, 3.05) is 32.8 Å². The molecule has 0 N–H and O–H groups in total. The van der Waals surface area contributed by atoms with Gasteiger partial charge in [0.05, 0.1) is 6.61 Å². The molecule has 254 valence electrons. The summed E-state index contributed by atoms with van der Waals surface area (Å²) >= 11 is 0. The van der Waals surface area contributed by atoms with Gasteiger partial charge in [-0.15, -0.1) is 0 Å². The van der Waals surface area contributed by atoms with Gasteiger partial charge in [-0.25, -0.2) is 0 Å². The van der Waals surface area contributed by atoms with Gasteiger partial charge >= 0.3 is 0 Å². The molecule has 0 saturated carbocycles. The first kappa shape index (κ1) is 39.2. The number of unbranched alkanes of at least 4 members (excludes halogenated alkanes) is 15. The summed E-state index contributed by atoms with van der Waals surface area (Å²) in [7, 11) is -2.50. The van der Waals surface area contributed by atoms with Crippen LogP contribution in [0, 0.1) is 0 Å². The van der Waals surface area contributed by atoms with E-state index in [0.29, 0.717) is 13.1 Å². The van der Waals surface area contributed by atoms with Gasteiger partial charge in [0.15, 0.2) is 0 Å². The van der Waals surface area contributed by atoms with E-state index in [1.54, 1.807) is 0 Å². The van der Waals surface area contributed by atoms with Crippen LogP contribution in [0.5, 0.6) is 0 Å². The molecule has 0 bridgehead atoms. The van der Waals surface area contributed by atoms with E-state index in [1.807, 2.05) is 0 Å². The molecule has 0 aliphatic rings. The number of rotatable bonds is 28. The van der Waals surface area contributed by atoms with Crippen molar-refractivity contribution >= 4 is 25.2 Å². The van der Waals surface area contributed by atoms with Crippen molar-refractivity contribution in [3.05, 3.63) is 60.7 Å². The van der Waals surface area contributed by atoms with Crippen LogP contribution in [0.25, 0.3) is 0 Å². The number of hydrogen-bond donors (Lipinski definition) is 0. The molecule has 0 spiro atoms. The second-order valence-electron chi connectivity index (χ2n) is 14.0. The van der Waals surface area contributed by atoms with Crippen LogP contribution in [0.15, 0.2) is 60.7 Å². The van der Waals surface area contributed by atoms with Crippen molar-refractivity contribution in [2.45, 2.75) is 142 Å². The topological polar surface area (TPSA) is 38.8 Å². The molecule has 0 amide bonds. The highest BCUT2D eigenvalue weighted by atomic mass is 28.4. The first-order chi connectivity index (χ1) is 22.0. The zero-order valence-electron chi connectivity index (χ0n) is 29.6. The molecule has 0 heterocycles. The monoisotopic (exact) mass is 637 g/mol. The maximum absolute atomic E-state index is 10.3. The first-order valence-electron chi connectivity index (χ1n) is 18.5. The fourth-order valence-corrected chi connectivity index (χ4v) is 11.3. The summed E-state index contributed by atoms with van der Waals surface area (Å²) in [6, 6.07) is 22.1. The number of carbonyl (C=O) groups is 1. The van der Waals surface area contributed by atoms with E-state index in [1.165, 1.54) is 113 Å². The van der Waals surface area contributed by atoms with Gasteiger partial charge in [-0.1, -0.05) is 178 Å². The fourth-order valence-electron chi connectivity index (χ4n) is 6.70. The van der Waals surface area contributed by atoms with Gasteiger partial charge < -0.3 is 14.1 Å². The maximum atomic E-state index is 10.3. The van der Waals surface area contributed by atoms with Crippen molar-refractivity contribution in [2.24, 2.45) is 0 Å². The Morgan fingerprint density at radius 1 is 0.578 bits per heavy atom. The number of hydrogen-bond acceptors (Lipinski definition) is 4. The summed E-state index contributed by atoms with van der Waals surface area (Å²) in [6.07, 6.45) is 22.3. The third-order valence-electron chi connectivity index (χ3n) is 9.28. The maximum Gasteiger partial charge on any atom is 0.293 e. The molecule has 2 aromatic rings. The van der Waals surface area contributed by atoms with E-state index in [4.69, 9.17) is 9.16 Å². The molecule has 5 heteroatoms. The molecular formula is C40H67NO3Si. The summed E-state index contributed by atoms with van der Waals surface area (Å²) in [5.74, 6) is 0. The quantitative estimate of drug-likeness (QED) is 0.0529. The Balaban J connectivity index is 1.93. The van der Waals surface area contributed by atoms with E-state index < -0.39 is 8.32 Å². The van der Waals surface area contributed by atoms with Crippen molar-refractivity contribution < 1.29 is 14.0 Å². The summed E-state index contributed by atoms with van der Waals surface area (Å²) < 4.78 is 12.1. The van der Waals surface area contributed by atoms with E-state index in [-0.39, 0.29) is 5.04 Å². The lowest BCUT2D eigenvalue weighted by Crippen LogP contribution is -2.67. The third-order valence-corrected chi connectivity index (χ3v) is 14.3. The predicted molar refractivity (Wildman–Crippen MR) is 196 cm³/mol. The lowest BCUT2D eigenvalue weighted by Gasteiger charge is -2.43. The van der Waals surface area contributed by atoms with Crippen LogP contribution in [-0.4, -0.2) is 52.5 Å². The van der Waals surface area contributed by atoms with Crippen molar-refractivity contribution in [3.63, 3.8) is 0 Å². The molecule has 0 atom stereocenters. The minimum absolute atomic E-state index is 0.0104. The van der Waals surface area contributed by atoms with Crippen molar-refractivity contribution in [1.29, 1.82) is 0 Å². The van der Waals surface area contributed by atoms with E-state index in [9.17, 15) is 4.79 Å². The SMILES string of the molecule is CCCCCCCCCCCCN(CCCCCCCCCOC=O)CCO[Si](c1ccccc1)(c1ccccc1)C(C)(C)C. The number of ether oxygens (including phenoxy) is 1. The van der Waals surface area contributed by atoms with Crippen LogP contribution in [-0.2, 0) is 14.0 Å². The number of carbonyl (C=O) groups excluding carboxylic acids is 1. The Morgan fingerprint density at radius 3 is 1.42 bits per heavy atom. The van der Waals surface area contributed by atoms with Gasteiger partial charge in [0.25, 0.3) is 14.8 Å². The normalized spacial score (nSPS) is 12.1. The molecule has 45 heavy (non-hydrogen) atoms. The standard InChI is InChI=1S/C40H67NO3Si/c1-5-6-7-8-9-10-11-13-16-25-32-41(33-26-17-14-12-15-18-27-35-43-37-42)34-36-44-45(40(2,3)4,38-28-21-19-22-29-38)39-30-23-20-24-31-39/h19-24,28-31,37H,5-18,25-27,32-36H2,1-4H3. The van der Waals surface area contributed by atoms with Gasteiger partial charge in [-0.2, -0.15) is 0 Å².